The van der Waals surface area contributed by atoms with Gasteiger partial charge in [-0.2, -0.15) is 0 Å². The van der Waals surface area contributed by atoms with Crippen LogP contribution >= 0.6 is 0 Å². The molecule has 0 aliphatic heterocycles. The Morgan fingerprint density at radius 2 is 1.74 bits per heavy atom. The van der Waals surface area contributed by atoms with Gasteiger partial charge in [-0.15, -0.1) is 0 Å². The van der Waals surface area contributed by atoms with E-state index in [1.165, 1.54) is 48.7 Å². The molecule has 0 saturated carbocycles. The summed E-state index contributed by atoms with van der Waals surface area (Å²) in [5.41, 5.74) is 6.66. The number of sulfone groups is 1. The number of amides is 2. The van der Waals surface area contributed by atoms with Crippen molar-refractivity contribution < 1.29 is 17.6 Å². The molecule has 0 atom stereocenters. The van der Waals surface area contributed by atoms with Crippen LogP contribution in [0.25, 0.3) is 5.57 Å². The topological polar surface area (TPSA) is 163 Å². The third-order valence-corrected chi connectivity index (χ3v) is 6.92. The van der Waals surface area contributed by atoms with Crippen LogP contribution in [0.5, 0.6) is 0 Å². The molecular formula is C26H30FN7O3S. The summed E-state index contributed by atoms with van der Waals surface area (Å²) in [6.45, 7) is 7.34. The summed E-state index contributed by atoms with van der Waals surface area (Å²) in [5, 5.41) is 17.0. The summed E-state index contributed by atoms with van der Waals surface area (Å²) >= 11 is 0. The summed E-state index contributed by atoms with van der Waals surface area (Å²) in [5.74, 6) is -0.677. The number of nitrogens with one attached hydrogen (secondary N) is 4. The Balaban J connectivity index is 1.87. The van der Waals surface area contributed by atoms with Crippen LogP contribution in [0.15, 0.2) is 65.8 Å². The first-order valence-corrected chi connectivity index (χ1v) is 13.3. The highest BCUT2D eigenvalue weighted by atomic mass is 32.2. The van der Waals surface area contributed by atoms with Crippen LogP contribution in [0.4, 0.5) is 26.5 Å². The lowest BCUT2D eigenvalue weighted by Crippen LogP contribution is -2.32. The number of urea groups is 1. The van der Waals surface area contributed by atoms with E-state index < -0.39 is 21.7 Å². The van der Waals surface area contributed by atoms with Crippen LogP contribution in [-0.2, 0) is 9.84 Å². The molecule has 200 valence electrons. The predicted octanol–water partition coefficient (Wildman–Crippen LogP) is 4.43. The molecule has 0 spiro atoms. The maximum Gasteiger partial charge on any atom is 0.323 e. The second kappa shape index (κ2) is 11.4. The summed E-state index contributed by atoms with van der Waals surface area (Å²) < 4.78 is 38.6. The summed E-state index contributed by atoms with van der Waals surface area (Å²) in [6, 6.07) is 10.5. The fraction of sp³-hybridized carbons (Fsp3) is 0.231. The van der Waals surface area contributed by atoms with Crippen molar-refractivity contribution in [1.82, 2.24) is 15.3 Å². The van der Waals surface area contributed by atoms with E-state index in [2.05, 4.69) is 25.9 Å². The molecule has 1 heterocycles. The Kier molecular flexibility index (Phi) is 8.46. The van der Waals surface area contributed by atoms with Crippen molar-refractivity contribution in [2.24, 2.45) is 0 Å². The smallest absolute Gasteiger partial charge is 0.323 e. The molecule has 0 aliphatic carbocycles. The molecule has 0 aliphatic rings. The van der Waals surface area contributed by atoms with Gasteiger partial charge in [-0.3, -0.25) is 5.41 Å². The fourth-order valence-corrected chi connectivity index (χ4v) is 4.15. The highest BCUT2D eigenvalue weighted by Gasteiger charge is 2.17. The third-order valence-electron chi connectivity index (χ3n) is 5.17. The van der Waals surface area contributed by atoms with Gasteiger partial charge in [0.15, 0.2) is 9.84 Å². The van der Waals surface area contributed by atoms with E-state index >= 15 is 0 Å². The van der Waals surface area contributed by atoms with Gasteiger partial charge in [0.2, 0.25) is 5.95 Å². The van der Waals surface area contributed by atoms with E-state index in [4.69, 9.17) is 11.1 Å². The second-order valence-electron chi connectivity index (χ2n) is 9.36. The fourth-order valence-electron chi connectivity index (χ4n) is 3.26. The lowest BCUT2D eigenvalue weighted by molar-refractivity contribution is 0.262. The van der Waals surface area contributed by atoms with Gasteiger partial charge in [0.05, 0.1) is 22.1 Å². The van der Waals surface area contributed by atoms with Crippen molar-refractivity contribution in [3.8, 4) is 0 Å². The lowest BCUT2D eigenvalue weighted by atomic mass is 9.98. The third kappa shape index (κ3) is 7.59. The highest BCUT2D eigenvalue weighted by Crippen LogP contribution is 2.25. The van der Waals surface area contributed by atoms with Crippen LogP contribution in [0.1, 0.15) is 39.0 Å². The summed E-state index contributed by atoms with van der Waals surface area (Å²) in [4.78, 5) is 20.7. The summed E-state index contributed by atoms with van der Waals surface area (Å²) in [6.07, 6.45) is 3.01. The van der Waals surface area contributed by atoms with Crippen LogP contribution < -0.4 is 21.7 Å². The monoisotopic (exact) mass is 539 g/mol. The number of nitrogens with two attached hydrogens (primary N) is 1. The molecule has 0 fully saturated rings. The van der Waals surface area contributed by atoms with Crippen molar-refractivity contribution in [2.75, 3.05) is 22.1 Å². The minimum Gasteiger partial charge on any atom is -0.386 e. The number of carbonyl (C=O) groups is 1. The Labute approximate surface area is 221 Å². The number of hydrogen-bond acceptors (Lipinski definition) is 8. The van der Waals surface area contributed by atoms with Gasteiger partial charge in [0, 0.05) is 34.9 Å². The van der Waals surface area contributed by atoms with Crippen LogP contribution in [0, 0.1) is 11.2 Å². The molecule has 0 unspecified atom stereocenters. The number of hydrogen-bond donors (Lipinski definition) is 5. The van der Waals surface area contributed by atoms with Gasteiger partial charge in [0.1, 0.15) is 5.82 Å². The Hall–Kier alpha value is -4.32. The molecular weight excluding hydrogens is 509 g/mol. The number of anilines is 3. The lowest BCUT2D eigenvalue weighted by Gasteiger charge is -2.21. The number of rotatable bonds is 8. The van der Waals surface area contributed by atoms with Gasteiger partial charge >= 0.3 is 6.03 Å². The Bertz CT molecular complexity index is 1480. The zero-order chi connectivity index (χ0) is 28.1. The zero-order valence-corrected chi connectivity index (χ0v) is 22.3. The maximum absolute atomic E-state index is 14.7. The highest BCUT2D eigenvalue weighted by molar-refractivity contribution is 7.91. The molecule has 3 rings (SSSR count). The molecule has 0 radical (unpaired) electrons. The average molecular weight is 540 g/mol. The molecule has 1 aromatic heterocycles. The SMILES string of the molecule is CCS(=O)(=O)c1ccc(NC(=O)Nc2cc(F)cc(/C(=C/NC(C)(C)C)C(=N)c3ccnc(N)n3)c2)cc1. The van der Waals surface area contributed by atoms with Gasteiger partial charge in [-0.1, -0.05) is 6.92 Å². The number of allylic oxidation sites excluding steroid dienone is 1. The van der Waals surface area contributed by atoms with Crippen molar-refractivity contribution >= 4 is 44.5 Å². The number of benzene rings is 2. The Morgan fingerprint density at radius 3 is 2.34 bits per heavy atom. The number of nitrogen functional groups attached to an aromatic ring is 1. The number of carbonyl (C=O) groups excluding carboxylic acids is 1. The molecule has 6 N–H and O–H groups in total. The van der Waals surface area contributed by atoms with Crippen molar-refractivity contribution in [1.29, 1.82) is 5.41 Å². The van der Waals surface area contributed by atoms with Gasteiger partial charge in [0.25, 0.3) is 0 Å². The van der Waals surface area contributed by atoms with Gasteiger partial charge < -0.3 is 21.7 Å². The zero-order valence-electron chi connectivity index (χ0n) is 21.5. The molecule has 3 aromatic rings. The molecule has 2 aromatic carbocycles. The van der Waals surface area contributed by atoms with E-state index in [1.807, 2.05) is 20.8 Å². The van der Waals surface area contributed by atoms with Crippen LogP contribution in [0.2, 0.25) is 0 Å². The van der Waals surface area contributed by atoms with E-state index in [0.717, 1.165) is 6.07 Å². The van der Waals surface area contributed by atoms with Crippen molar-refractivity contribution in [3.63, 3.8) is 0 Å². The first-order valence-electron chi connectivity index (χ1n) is 11.6. The van der Waals surface area contributed by atoms with Crippen LogP contribution in [-0.4, -0.2) is 41.4 Å². The molecule has 10 nitrogen and oxygen atoms in total. The number of halogens is 1. The van der Waals surface area contributed by atoms with Crippen LogP contribution in [0.3, 0.4) is 0 Å². The minimum absolute atomic E-state index is 0.00558. The summed E-state index contributed by atoms with van der Waals surface area (Å²) in [7, 11) is -3.37. The first-order chi connectivity index (χ1) is 17.8. The normalized spacial score (nSPS) is 12.1. The van der Waals surface area contributed by atoms with E-state index in [9.17, 15) is 17.6 Å². The van der Waals surface area contributed by atoms with Crippen molar-refractivity contribution in [3.05, 3.63) is 78.0 Å². The largest absolute Gasteiger partial charge is 0.386 e. The molecule has 12 heteroatoms. The predicted molar refractivity (Wildman–Crippen MR) is 147 cm³/mol. The molecule has 0 bridgehead atoms. The van der Waals surface area contributed by atoms with E-state index in [0.29, 0.717) is 16.8 Å². The molecule has 0 saturated heterocycles. The average Bonchev–Trinajstić information content (AvgIpc) is 2.83. The second-order valence-corrected chi connectivity index (χ2v) is 11.6. The van der Waals surface area contributed by atoms with Crippen molar-refractivity contribution in [2.45, 2.75) is 38.1 Å². The number of nitrogens with zero attached hydrogens (tertiary/aromatic N) is 2. The van der Waals surface area contributed by atoms with Gasteiger partial charge in [-0.25, -0.2) is 27.6 Å². The van der Waals surface area contributed by atoms with Gasteiger partial charge in [-0.05, 0) is 74.9 Å². The first kappa shape index (κ1) is 28.3. The van der Waals surface area contributed by atoms with E-state index in [1.54, 1.807) is 13.1 Å². The number of aromatic nitrogens is 2. The quantitative estimate of drug-likeness (QED) is 0.264. The molecule has 2 amide bonds. The minimum atomic E-state index is -3.37. The Morgan fingerprint density at radius 1 is 1.08 bits per heavy atom. The maximum atomic E-state index is 14.7. The molecule has 38 heavy (non-hydrogen) atoms. The van der Waals surface area contributed by atoms with E-state index in [-0.39, 0.29) is 39.2 Å². The standard InChI is InChI=1S/C26H30FN7O3S/c1-5-38(36,37)20-8-6-18(7-9-20)32-25(35)33-19-13-16(12-17(27)14-19)21(15-31-26(2,3)4)23(28)22-10-11-30-24(29)34-22/h6-15,28,31H,5H2,1-4H3,(H2,29,30,34)(H2,32,33,35)/b21-15-,28-23?.